The van der Waals surface area contributed by atoms with Gasteiger partial charge in [-0.3, -0.25) is 9.59 Å². The number of fused-ring (bicyclic) bond motifs is 1. The highest BCUT2D eigenvalue weighted by molar-refractivity contribution is 5.92. The molecule has 0 radical (unpaired) electrons. The number of carbonyl (C=O) groups is 1. The zero-order chi connectivity index (χ0) is 21.8. The number of rotatable bonds is 6. The molecule has 1 amide bonds. The van der Waals surface area contributed by atoms with Crippen molar-refractivity contribution in [1.82, 2.24) is 0 Å². The largest absolute Gasteiger partial charge is 0.507 e. The molecule has 7 heteroatoms. The van der Waals surface area contributed by atoms with Crippen LogP contribution in [0.4, 0.5) is 5.69 Å². The maximum atomic E-state index is 12.5. The summed E-state index contributed by atoms with van der Waals surface area (Å²) >= 11 is 0. The van der Waals surface area contributed by atoms with E-state index >= 15 is 0 Å². The first-order chi connectivity index (χ1) is 15.0. The van der Waals surface area contributed by atoms with E-state index in [9.17, 15) is 14.7 Å². The van der Waals surface area contributed by atoms with Gasteiger partial charge in [0.25, 0.3) is 5.91 Å². The molecule has 0 fully saturated rings. The Hall–Kier alpha value is -4.26. The van der Waals surface area contributed by atoms with E-state index in [1.165, 1.54) is 18.2 Å². The van der Waals surface area contributed by atoms with Crippen molar-refractivity contribution in [3.63, 3.8) is 0 Å². The van der Waals surface area contributed by atoms with E-state index in [4.69, 9.17) is 13.9 Å². The van der Waals surface area contributed by atoms with Crippen LogP contribution >= 0.6 is 0 Å². The molecule has 3 aromatic carbocycles. The molecule has 0 aliphatic carbocycles. The SMILES string of the molecule is COc1ccc(NC(=O)COc2cc(O)c3c(=O)cc(-c4ccccc4)oc3c2)cc1. The van der Waals surface area contributed by atoms with E-state index in [1.807, 2.05) is 30.3 Å². The number of ether oxygens (including phenoxy) is 2. The number of hydrogen-bond acceptors (Lipinski definition) is 6. The van der Waals surface area contributed by atoms with Gasteiger partial charge in [0.1, 0.15) is 34.0 Å². The van der Waals surface area contributed by atoms with E-state index in [0.29, 0.717) is 17.2 Å². The minimum absolute atomic E-state index is 0.0507. The summed E-state index contributed by atoms with van der Waals surface area (Å²) in [4.78, 5) is 24.7. The standard InChI is InChI=1S/C24H19NO6/c1-29-17-9-7-16(8-10-17)25-23(28)14-30-18-11-19(26)24-20(27)13-21(31-22(24)12-18)15-5-3-2-4-6-15/h2-13,26H,14H2,1H3,(H,25,28). The Balaban J connectivity index is 1.53. The van der Waals surface area contributed by atoms with Crippen LogP contribution in [0.25, 0.3) is 22.3 Å². The average molecular weight is 417 g/mol. The highest BCUT2D eigenvalue weighted by Gasteiger charge is 2.14. The van der Waals surface area contributed by atoms with Gasteiger partial charge in [0.15, 0.2) is 12.0 Å². The van der Waals surface area contributed by atoms with E-state index in [-0.39, 0.29) is 40.4 Å². The molecule has 0 saturated carbocycles. The molecular formula is C24H19NO6. The second kappa shape index (κ2) is 8.62. The highest BCUT2D eigenvalue weighted by Crippen LogP contribution is 2.31. The van der Waals surface area contributed by atoms with Crippen LogP contribution in [-0.4, -0.2) is 24.7 Å². The Bertz CT molecular complexity index is 1280. The average Bonchev–Trinajstić information content (AvgIpc) is 2.78. The summed E-state index contributed by atoms with van der Waals surface area (Å²) in [5.41, 5.74) is 1.11. The van der Waals surface area contributed by atoms with Crippen LogP contribution in [0.15, 0.2) is 82.0 Å². The Kier molecular flexibility index (Phi) is 5.57. The summed E-state index contributed by atoms with van der Waals surface area (Å²) in [7, 11) is 1.56. The normalized spacial score (nSPS) is 10.6. The molecule has 31 heavy (non-hydrogen) atoms. The second-order valence-electron chi connectivity index (χ2n) is 6.72. The number of anilines is 1. The Morgan fingerprint density at radius 2 is 1.74 bits per heavy atom. The molecule has 4 aromatic rings. The van der Waals surface area contributed by atoms with Crippen molar-refractivity contribution < 1.29 is 23.8 Å². The minimum atomic E-state index is -0.385. The van der Waals surface area contributed by atoms with E-state index < -0.39 is 0 Å². The molecule has 0 unspecified atom stereocenters. The van der Waals surface area contributed by atoms with Gasteiger partial charge in [-0.1, -0.05) is 30.3 Å². The first-order valence-electron chi connectivity index (χ1n) is 9.46. The van der Waals surface area contributed by atoms with E-state index in [2.05, 4.69) is 5.32 Å². The van der Waals surface area contributed by atoms with Crippen molar-refractivity contribution >= 4 is 22.6 Å². The summed E-state index contributed by atoms with van der Waals surface area (Å²) in [6, 6.07) is 20.1. The molecule has 0 saturated heterocycles. The molecule has 1 aromatic heterocycles. The molecule has 7 nitrogen and oxygen atoms in total. The number of amides is 1. The van der Waals surface area contributed by atoms with Gasteiger partial charge in [0, 0.05) is 29.4 Å². The van der Waals surface area contributed by atoms with Crippen molar-refractivity contribution in [2.45, 2.75) is 0 Å². The van der Waals surface area contributed by atoms with Crippen molar-refractivity contribution in [3.05, 3.63) is 83.0 Å². The van der Waals surface area contributed by atoms with E-state index in [1.54, 1.807) is 31.4 Å². The van der Waals surface area contributed by atoms with Crippen LogP contribution < -0.4 is 20.2 Å². The zero-order valence-corrected chi connectivity index (χ0v) is 16.6. The van der Waals surface area contributed by atoms with Crippen molar-refractivity contribution in [2.24, 2.45) is 0 Å². The molecule has 1 heterocycles. The predicted octanol–water partition coefficient (Wildman–Crippen LogP) is 4.19. The van der Waals surface area contributed by atoms with Gasteiger partial charge in [-0.2, -0.15) is 0 Å². The number of phenolic OH excluding ortho intramolecular Hbond substituents is 1. The van der Waals surface area contributed by atoms with Gasteiger partial charge in [0.2, 0.25) is 0 Å². The molecule has 0 bridgehead atoms. The summed E-state index contributed by atoms with van der Waals surface area (Å²) in [5.74, 6) is 0.577. The quantitative estimate of drug-likeness (QED) is 0.488. The maximum Gasteiger partial charge on any atom is 0.262 e. The fourth-order valence-electron chi connectivity index (χ4n) is 3.09. The topological polar surface area (TPSA) is 98.0 Å². The minimum Gasteiger partial charge on any atom is -0.507 e. The van der Waals surface area contributed by atoms with Crippen molar-refractivity contribution in [1.29, 1.82) is 0 Å². The number of aromatic hydroxyl groups is 1. The lowest BCUT2D eigenvalue weighted by molar-refractivity contribution is -0.118. The molecule has 0 aliphatic rings. The van der Waals surface area contributed by atoms with E-state index in [0.717, 1.165) is 5.56 Å². The highest BCUT2D eigenvalue weighted by atomic mass is 16.5. The van der Waals surface area contributed by atoms with Crippen LogP contribution in [0.1, 0.15) is 0 Å². The number of phenols is 1. The molecule has 4 rings (SSSR count). The molecular weight excluding hydrogens is 398 g/mol. The molecule has 2 N–H and O–H groups in total. The fraction of sp³-hybridized carbons (Fsp3) is 0.0833. The van der Waals surface area contributed by atoms with Crippen LogP contribution in [0.2, 0.25) is 0 Å². The first-order valence-corrected chi connectivity index (χ1v) is 9.46. The summed E-state index contributed by atoms with van der Waals surface area (Å²) in [6.07, 6.45) is 0. The van der Waals surface area contributed by atoms with Gasteiger partial charge >= 0.3 is 0 Å². The molecule has 0 aliphatic heterocycles. The third kappa shape index (κ3) is 4.51. The van der Waals surface area contributed by atoms with Gasteiger partial charge in [-0.05, 0) is 24.3 Å². The van der Waals surface area contributed by atoms with Crippen molar-refractivity contribution in [3.8, 4) is 28.6 Å². The fourth-order valence-corrected chi connectivity index (χ4v) is 3.09. The lowest BCUT2D eigenvalue weighted by Crippen LogP contribution is -2.20. The molecule has 0 atom stereocenters. The van der Waals surface area contributed by atoms with Crippen LogP contribution in [0, 0.1) is 0 Å². The Morgan fingerprint density at radius 3 is 2.45 bits per heavy atom. The summed E-state index contributed by atoms with van der Waals surface area (Å²) in [6.45, 7) is -0.292. The lowest BCUT2D eigenvalue weighted by atomic mass is 10.1. The third-order valence-corrected chi connectivity index (χ3v) is 4.59. The van der Waals surface area contributed by atoms with Gasteiger partial charge in [-0.15, -0.1) is 0 Å². The lowest BCUT2D eigenvalue weighted by Gasteiger charge is -2.10. The monoisotopic (exact) mass is 417 g/mol. The van der Waals surface area contributed by atoms with Gasteiger partial charge in [0.05, 0.1) is 7.11 Å². The van der Waals surface area contributed by atoms with Crippen molar-refractivity contribution in [2.75, 3.05) is 19.0 Å². The van der Waals surface area contributed by atoms with Crippen LogP contribution in [0.3, 0.4) is 0 Å². The summed E-state index contributed by atoms with van der Waals surface area (Å²) in [5, 5.41) is 13.0. The summed E-state index contributed by atoms with van der Waals surface area (Å²) < 4.78 is 16.4. The van der Waals surface area contributed by atoms with Gasteiger partial charge < -0.3 is 24.3 Å². The number of carbonyl (C=O) groups excluding carboxylic acids is 1. The number of hydrogen-bond donors (Lipinski definition) is 2. The van der Waals surface area contributed by atoms with Crippen LogP contribution in [0.5, 0.6) is 17.2 Å². The predicted molar refractivity (Wildman–Crippen MR) is 117 cm³/mol. The Morgan fingerprint density at radius 1 is 1.00 bits per heavy atom. The smallest absolute Gasteiger partial charge is 0.262 e. The number of nitrogens with one attached hydrogen (secondary N) is 1. The zero-order valence-electron chi connectivity index (χ0n) is 16.6. The maximum absolute atomic E-state index is 12.5. The number of benzene rings is 3. The number of methoxy groups -OCH3 is 1. The third-order valence-electron chi connectivity index (χ3n) is 4.59. The van der Waals surface area contributed by atoms with Crippen LogP contribution in [-0.2, 0) is 4.79 Å². The van der Waals surface area contributed by atoms with Gasteiger partial charge in [-0.25, -0.2) is 0 Å². The second-order valence-corrected chi connectivity index (χ2v) is 6.72. The molecule has 156 valence electrons. The Labute approximate surface area is 177 Å². The molecule has 0 spiro atoms. The first kappa shape index (κ1) is 20.0.